The van der Waals surface area contributed by atoms with Crippen molar-refractivity contribution in [2.75, 3.05) is 7.05 Å². The fraction of sp³-hybridized carbons (Fsp3) is 0.235. The highest BCUT2D eigenvalue weighted by atomic mass is 32.1. The predicted molar refractivity (Wildman–Crippen MR) is 86.4 cm³/mol. The summed E-state index contributed by atoms with van der Waals surface area (Å²) in [7, 11) is 2.02. The van der Waals surface area contributed by atoms with E-state index >= 15 is 0 Å². The molecule has 3 heteroatoms. The molecule has 0 aliphatic rings. The van der Waals surface area contributed by atoms with Gasteiger partial charge in [0, 0.05) is 16.1 Å². The average molecular weight is 282 g/mol. The van der Waals surface area contributed by atoms with Crippen LogP contribution in [-0.4, -0.2) is 12.0 Å². The molecule has 1 atom stereocenters. The zero-order valence-corrected chi connectivity index (χ0v) is 12.8. The first-order chi connectivity index (χ1) is 9.69. The van der Waals surface area contributed by atoms with Crippen molar-refractivity contribution in [2.45, 2.75) is 19.9 Å². The molecule has 0 aliphatic carbocycles. The minimum atomic E-state index is 0.206. The van der Waals surface area contributed by atoms with Gasteiger partial charge in [-0.2, -0.15) is 0 Å². The Balaban J connectivity index is 2.16. The third-order valence-corrected chi connectivity index (χ3v) is 4.53. The van der Waals surface area contributed by atoms with Gasteiger partial charge in [0.1, 0.15) is 0 Å². The Bertz CT molecular complexity index is 725. The van der Waals surface area contributed by atoms with E-state index in [1.807, 2.05) is 7.05 Å². The van der Waals surface area contributed by atoms with Crippen LogP contribution in [0.5, 0.6) is 0 Å². The molecule has 2 nitrogen and oxygen atoms in total. The molecule has 2 heterocycles. The second kappa shape index (κ2) is 5.35. The van der Waals surface area contributed by atoms with Crippen LogP contribution in [0.2, 0.25) is 0 Å². The highest BCUT2D eigenvalue weighted by molar-refractivity contribution is 7.17. The predicted octanol–water partition coefficient (Wildman–Crippen LogP) is 4.22. The lowest BCUT2D eigenvalue weighted by Gasteiger charge is -2.19. The summed E-state index contributed by atoms with van der Waals surface area (Å²) in [4.78, 5) is 4.47. The maximum Gasteiger partial charge on any atom is 0.0589 e. The molecule has 0 saturated heterocycles. The van der Waals surface area contributed by atoms with Crippen LogP contribution in [0.25, 0.3) is 10.1 Å². The Labute approximate surface area is 123 Å². The van der Waals surface area contributed by atoms with Crippen molar-refractivity contribution in [2.24, 2.45) is 0 Å². The number of nitrogens with one attached hydrogen (secondary N) is 1. The minimum Gasteiger partial charge on any atom is -0.309 e. The number of aryl methyl sites for hydroxylation is 2. The number of aromatic nitrogens is 1. The number of rotatable bonds is 3. The molecule has 0 saturated carbocycles. The van der Waals surface area contributed by atoms with E-state index in [1.165, 1.54) is 21.2 Å². The second-order valence-electron chi connectivity index (χ2n) is 5.09. The van der Waals surface area contributed by atoms with Crippen molar-refractivity contribution in [3.05, 3.63) is 64.3 Å². The molecule has 1 aromatic carbocycles. The Morgan fingerprint density at radius 3 is 2.55 bits per heavy atom. The fourth-order valence-corrected chi connectivity index (χ4v) is 3.72. The van der Waals surface area contributed by atoms with Crippen molar-refractivity contribution >= 4 is 21.4 Å². The normalized spacial score (nSPS) is 12.8. The van der Waals surface area contributed by atoms with Gasteiger partial charge in [-0.25, -0.2) is 0 Å². The van der Waals surface area contributed by atoms with E-state index in [-0.39, 0.29) is 6.04 Å². The zero-order valence-electron chi connectivity index (χ0n) is 12.0. The molecule has 1 unspecified atom stereocenters. The largest absolute Gasteiger partial charge is 0.309 e. The molecule has 102 valence electrons. The summed E-state index contributed by atoms with van der Waals surface area (Å²) in [5.41, 5.74) is 4.75. The van der Waals surface area contributed by atoms with Crippen LogP contribution in [-0.2, 0) is 0 Å². The quantitative estimate of drug-likeness (QED) is 0.778. The first kappa shape index (κ1) is 13.3. The summed E-state index contributed by atoms with van der Waals surface area (Å²) >= 11 is 1.81. The molecule has 0 amide bonds. The molecule has 3 rings (SSSR count). The van der Waals surface area contributed by atoms with Crippen molar-refractivity contribution in [3.8, 4) is 0 Å². The van der Waals surface area contributed by atoms with Gasteiger partial charge in [0.15, 0.2) is 0 Å². The van der Waals surface area contributed by atoms with E-state index in [9.17, 15) is 0 Å². The first-order valence-electron chi connectivity index (χ1n) is 6.77. The maximum atomic E-state index is 4.47. The number of benzene rings is 1. The molecule has 1 N–H and O–H groups in total. The molecule has 0 bridgehead atoms. The lowest BCUT2D eigenvalue weighted by molar-refractivity contribution is 0.694. The standard InChI is InChI=1S/C17H18N2S/c1-11-9-14(10-12(2)19-11)16(18-3)15-6-4-5-13-7-8-20-17(13)15/h4-10,16,18H,1-3H3. The van der Waals surface area contributed by atoms with E-state index in [4.69, 9.17) is 0 Å². The molecule has 3 aromatic rings. The van der Waals surface area contributed by atoms with Crippen LogP contribution in [0.3, 0.4) is 0 Å². The third-order valence-electron chi connectivity index (χ3n) is 3.55. The van der Waals surface area contributed by atoms with Gasteiger partial charge in [0.25, 0.3) is 0 Å². The van der Waals surface area contributed by atoms with Crippen LogP contribution in [0.15, 0.2) is 41.8 Å². The van der Waals surface area contributed by atoms with E-state index in [2.05, 4.69) is 65.9 Å². The van der Waals surface area contributed by atoms with E-state index < -0.39 is 0 Å². The minimum absolute atomic E-state index is 0.206. The van der Waals surface area contributed by atoms with Crippen molar-refractivity contribution in [3.63, 3.8) is 0 Å². The Hall–Kier alpha value is -1.71. The lowest BCUT2D eigenvalue weighted by Crippen LogP contribution is -2.18. The molecule has 2 aromatic heterocycles. The van der Waals surface area contributed by atoms with Crippen LogP contribution >= 0.6 is 11.3 Å². The SMILES string of the molecule is CNC(c1cc(C)nc(C)c1)c1cccc2ccsc12. The van der Waals surface area contributed by atoms with Gasteiger partial charge in [-0.3, -0.25) is 4.98 Å². The van der Waals surface area contributed by atoms with Gasteiger partial charge in [-0.1, -0.05) is 18.2 Å². The van der Waals surface area contributed by atoms with Crippen LogP contribution in [0, 0.1) is 13.8 Å². The third kappa shape index (κ3) is 2.35. The Kier molecular flexibility index (Phi) is 3.55. The Morgan fingerprint density at radius 2 is 1.85 bits per heavy atom. The van der Waals surface area contributed by atoms with Crippen molar-refractivity contribution in [1.82, 2.24) is 10.3 Å². The number of nitrogens with zero attached hydrogens (tertiary/aromatic N) is 1. The van der Waals surface area contributed by atoms with Crippen LogP contribution in [0.1, 0.15) is 28.6 Å². The molecular weight excluding hydrogens is 264 g/mol. The molecule has 0 fully saturated rings. The molecule has 0 radical (unpaired) electrons. The number of thiophene rings is 1. The summed E-state index contributed by atoms with van der Waals surface area (Å²) in [5.74, 6) is 0. The molecule has 0 spiro atoms. The zero-order chi connectivity index (χ0) is 14.1. The highest BCUT2D eigenvalue weighted by Crippen LogP contribution is 2.32. The second-order valence-corrected chi connectivity index (χ2v) is 6.01. The maximum absolute atomic E-state index is 4.47. The summed E-state index contributed by atoms with van der Waals surface area (Å²) in [6.45, 7) is 4.10. The van der Waals surface area contributed by atoms with Gasteiger partial charge < -0.3 is 5.32 Å². The summed E-state index contributed by atoms with van der Waals surface area (Å²) in [5, 5.41) is 6.92. The molecule has 0 aliphatic heterocycles. The van der Waals surface area contributed by atoms with Gasteiger partial charge in [0.2, 0.25) is 0 Å². The fourth-order valence-electron chi connectivity index (χ4n) is 2.78. The van der Waals surface area contributed by atoms with Crippen molar-refractivity contribution in [1.29, 1.82) is 0 Å². The molecule has 20 heavy (non-hydrogen) atoms. The highest BCUT2D eigenvalue weighted by Gasteiger charge is 2.16. The van der Waals surface area contributed by atoms with Crippen LogP contribution < -0.4 is 5.32 Å². The monoisotopic (exact) mass is 282 g/mol. The summed E-state index contributed by atoms with van der Waals surface area (Å²) < 4.78 is 1.36. The van der Waals surface area contributed by atoms with Gasteiger partial charge in [-0.15, -0.1) is 11.3 Å². The number of fused-ring (bicyclic) bond motifs is 1. The average Bonchev–Trinajstić information content (AvgIpc) is 2.87. The van der Waals surface area contributed by atoms with Crippen LogP contribution in [0.4, 0.5) is 0 Å². The lowest BCUT2D eigenvalue weighted by atomic mass is 9.97. The summed E-state index contributed by atoms with van der Waals surface area (Å²) in [6.07, 6.45) is 0. The van der Waals surface area contributed by atoms with Gasteiger partial charge in [-0.05, 0) is 61.0 Å². The summed E-state index contributed by atoms with van der Waals surface area (Å²) in [6, 6.07) is 13.2. The smallest absolute Gasteiger partial charge is 0.0589 e. The van der Waals surface area contributed by atoms with Crippen molar-refractivity contribution < 1.29 is 0 Å². The first-order valence-corrected chi connectivity index (χ1v) is 7.65. The van der Waals surface area contributed by atoms with E-state index in [1.54, 1.807) is 11.3 Å². The Morgan fingerprint density at radius 1 is 1.10 bits per heavy atom. The van der Waals surface area contributed by atoms with E-state index in [0.29, 0.717) is 0 Å². The number of hydrogen-bond donors (Lipinski definition) is 1. The van der Waals surface area contributed by atoms with E-state index in [0.717, 1.165) is 11.4 Å². The van der Waals surface area contributed by atoms with Gasteiger partial charge >= 0.3 is 0 Å². The molecular formula is C17H18N2S. The number of hydrogen-bond acceptors (Lipinski definition) is 3. The van der Waals surface area contributed by atoms with Gasteiger partial charge in [0.05, 0.1) is 6.04 Å². The topological polar surface area (TPSA) is 24.9 Å². The number of pyridine rings is 1.